The van der Waals surface area contributed by atoms with Crippen LogP contribution in [0.5, 0.6) is 0 Å². The number of nitrogens with zero attached hydrogens (tertiary/aromatic N) is 3. The van der Waals surface area contributed by atoms with Crippen molar-refractivity contribution < 1.29 is 8.42 Å². The molecule has 142 valence electrons. The average molecular weight is 385 g/mol. The predicted octanol–water partition coefficient (Wildman–Crippen LogP) is 3.00. The summed E-state index contributed by atoms with van der Waals surface area (Å²) in [6.45, 7) is 8.10. The van der Waals surface area contributed by atoms with Crippen molar-refractivity contribution in [2.75, 3.05) is 31.1 Å². The molecule has 0 bridgehead atoms. The number of aromatic nitrogens is 2. The standard InChI is InChI=1S/C20H24N4O2S/c1-14-4-7-18-19(12-14)22-20(21-18)23-8-10-24(11-9-23)27(25,26)17-6-5-15(2)16(3)13-17/h4-7,12-13H,8-11H2,1-3H3,(H,21,22). The van der Waals surface area contributed by atoms with Crippen LogP contribution in [0.3, 0.4) is 0 Å². The van der Waals surface area contributed by atoms with Gasteiger partial charge >= 0.3 is 0 Å². The predicted molar refractivity (Wildman–Crippen MR) is 108 cm³/mol. The van der Waals surface area contributed by atoms with Gasteiger partial charge in [0.25, 0.3) is 0 Å². The topological polar surface area (TPSA) is 69.3 Å². The Morgan fingerprint density at radius 3 is 2.37 bits per heavy atom. The highest BCUT2D eigenvalue weighted by Gasteiger charge is 2.29. The maximum Gasteiger partial charge on any atom is 0.243 e. The lowest BCUT2D eigenvalue weighted by Gasteiger charge is -2.33. The van der Waals surface area contributed by atoms with Crippen LogP contribution in [0.15, 0.2) is 41.3 Å². The molecule has 7 heteroatoms. The quantitative estimate of drug-likeness (QED) is 0.754. The van der Waals surface area contributed by atoms with Gasteiger partial charge in [0.15, 0.2) is 0 Å². The maximum atomic E-state index is 13.0. The number of benzene rings is 2. The molecule has 0 saturated carbocycles. The third-order valence-corrected chi connectivity index (χ3v) is 7.17. The summed E-state index contributed by atoms with van der Waals surface area (Å²) < 4.78 is 27.5. The lowest BCUT2D eigenvalue weighted by Crippen LogP contribution is -2.49. The van der Waals surface area contributed by atoms with Gasteiger partial charge < -0.3 is 9.88 Å². The highest BCUT2D eigenvalue weighted by atomic mass is 32.2. The average Bonchev–Trinajstić information content (AvgIpc) is 3.07. The molecule has 0 radical (unpaired) electrons. The van der Waals surface area contributed by atoms with Gasteiger partial charge in [0, 0.05) is 26.2 Å². The first-order chi connectivity index (χ1) is 12.8. The molecule has 0 amide bonds. The molecule has 1 aromatic heterocycles. The third kappa shape index (κ3) is 3.33. The summed E-state index contributed by atoms with van der Waals surface area (Å²) in [7, 11) is -3.46. The number of piperazine rings is 1. The van der Waals surface area contributed by atoms with Gasteiger partial charge in [-0.1, -0.05) is 12.1 Å². The van der Waals surface area contributed by atoms with E-state index in [1.54, 1.807) is 16.4 Å². The minimum atomic E-state index is -3.46. The van der Waals surface area contributed by atoms with Crippen molar-refractivity contribution in [1.29, 1.82) is 0 Å². The van der Waals surface area contributed by atoms with Gasteiger partial charge in [0.1, 0.15) is 0 Å². The molecular weight excluding hydrogens is 360 g/mol. The lowest BCUT2D eigenvalue weighted by molar-refractivity contribution is 0.383. The molecule has 1 N–H and O–H groups in total. The monoisotopic (exact) mass is 384 g/mol. The van der Waals surface area contributed by atoms with Gasteiger partial charge in [-0.05, 0) is 61.7 Å². The van der Waals surface area contributed by atoms with Crippen LogP contribution in [0.1, 0.15) is 16.7 Å². The van der Waals surface area contributed by atoms with Crippen LogP contribution >= 0.6 is 0 Å². The normalized spacial score (nSPS) is 16.2. The van der Waals surface area contributed by atoms with E-state index >= 15 is 0 Å². The van der Waals surface area contributed by atoms with Crippen molar-refractivity contribution in [3.05, 3.63) is 53.1 Å². The van der Waals surface area contributed by atoms with Gasteiger partial charge in [-0.25, -0.2) is 13.4 Å². The second-order valence-electron chi connectivity index (χ2n) is 7.22. The van der Waals surface area contributed by atoms with Crippen molar-refractivity contribution in [3.8, 4) is 0 Å². The molecule has 1 fully saturated rings. The first kappa shape index (κ1) is 18.0. The molecule has 0 aliphatic carbocycles. The highest BCUT2D eigenvalue weighted by Crippen LogP contribution is 2.23. The summed E-state index contributed by atoms with van der Waals surface area (Å²) in [5.41, 5.74) is 5.21. The number of hydrogen-bond acceptors (Lipinski definition) is 4. The van der Waals surface area contributed by atoms with Crippen LogP contribution in [0.25, 0.3) is 11.0 Å². The number of nitrogens with one attached hydrogen (secondary N) is 1. The number of anilines is 1. The van der Waals surface area contributed by atoms with Crippen LogP contribution in [-0.2, 0) is 10.0 Å². The summed E-state index contributed by atoms with van der Waals surface area (Å²) in [4.78, 5) is 10.5. The van der Waals surface area contributed by atoms with E-state index in [1.807, 2.05) is 32.0 Å². The van der Waals surface area contributed by atoms with Crippen LogP contribution in [0, 0.1) is 20.8 Å². The zero-order chi connectivity index (χ0) is 19.2. The van der Waals surface area contributed by atoms with Gasteiger partial charge in [-0.3, -0.25) is 0 Å². The van der Waals surface area contributed by atoms with Crippen molar-refractivity contribution in [2.45, 2.75) is 25.7 Å². The number of rotatable bonds is 3. The van der Waals surface area contributed by atoms with Crippen molar-refractivity contribution in [3.63, 3.8) is 0 Å². The van der Waals surface area contributed by atoms with Crippen molar-refractivity contribution in [1.82, 2.24) is 14.3 Å². The number of H-pyrrole nitrogens is 1. The molecule has 4 rings (SSSR count). The smallest absolute Gasteiger partial charge is 0.243 e. The molecular formula is C20H24N4O2S. The van der Waals surface area contributed by atoms with E-state index in [0.717, 1.165) is 28.1 Å². The Bertz CT molecular complexity index is 1100. The van der Waals surface area contributed by atoms with Crippen LogP contribution in [0.2, 0.25) is 0 Å². The number of aryl methyl sites for hydroxylation is 3. The SMILES string of the molecule is Cc1ccc2nc(N3CCN(S(=O)(=O)c4ccc(C)c(C)c4)CC3)[nH]c2c1. The van der Waals surface area contributed by atoms with Crippen LogP contribution in [0.4, 0.5) is 5.95 Å². The maximum absolute atomic E-state index is 13.0. The molecule has 1 saturated heterocycles. The molecule has 2 heterocycles. The van der Waals surface area contributed by atoms with Gasteiger partial charge in [0.05, 0.1) is 15.9 Å². The zero-order valence-corrected chi connectivity index (χ0v) is 16.7. The van der Waals surface area contributed by atoms with E-state index in [-0.39, 0.29) is 0 Å². The van der Waals surface area contributed by atoms with Crippen molar-refractivity contribution >= 4 is 27.0 Å². The van der Waals surface area contributed by atoms with E-state index in [0.29, 0.717) is 31.1 Å². The molecule has 2 aromatic carbocycles. The van der Waals surface area contributed by atoms with E-state index in [4.69, 9.17) is 0 Å². The van der Waals surface area contributed by atoms with Crippen LogP contribution < -0.4 is 4.90 Å². The minimum Gasteiger partial charge on any atom is -0.340 e. The largest absolute Gasteiger partial charge is 0.340 e. The van der Waals surface area contributed by atoms with Gasteiger partial charge in [-0.2, -0.15) is 4.31 Å². The molecule has 6 nitrogen and oxygen atoms in total. The fourth-order valence-electron chi connectivity index (χ4n) is 3.42. The van der Waals surface area contributed by atoms with Crippen molar-refractivity contribution in [2.24, 2.45) is 0 Å². The van der Waals surface area contributed by atoms with Crippen LogP contribution in [-0.4, -0.2) is 48.9 Å². The minimum absolute atomic E-state index is 0.373. The van der Waals surface area contributed by atoms with E-state index in [2.05, 4.69) is 27.9 Å². The van der Waals surface area contributed by atoms with E-state index in [9.17, 15) is 8.42 Å². The molecule has 1 aliphatic heterocycles. The first-order valence-electron chi connectivity index (χ1n) is 9.13. The first-order valence-corrected chi connectivity index (χ1v) is 10.6. The van der Waals surface area contributed by atoms with Gasteiger partial charge in [-0.15, -0.1) is 0 Å². The molecule has 0 atom stereocenters. The Kier molecular flexibility index (Phi) is 4.44. The number of fused-ring (bicyclic) bond motifs is 1. The molecule has 0 spiro atoms. The zero-order valence-electron chi connectivity index (χ0n) is 15.9. The number of aromatic amines is 1. The molecule has 1 aliphatic rings. The van der Waals surface area contributed by atoms with E-state index in [1.165, 1.54) is 5.56 Å². The Morgan fingerprint density at radius 2 is 1.67 bits per heavy atom. The summed E-state index contributed by atoms with van der Waals surface area (Å²) in [5.74, 6) is 0.804. The molecule has 0 unspecified atom stereocenters. The third-order valence-electron chi connectivity index (χ3n) is 5.28. The summed E-state index contributed by atoms with van der Waals surface area (Å²) in [6, 6.07) is 11.5. The lowest BCUT2D eigenvalue weighted by atomic mass is 10.1. The Balaban J connectivity index is 1.51. The molecule has 3 aromatic rings. The molecule has 27 heavy (non-hydrogen) atoms. The fraction of sp³-hybridized carbons (Fsp3) is 0.350. The second kappa shape index (κ2) is 6.65. The summed E-state index contributed by atoms with van der Waals surface area (Å²) >= 11 is 0. The number of imidazole rings is 1. The summed E-state index contributed by atoms with van der Waals surface area (Å²) in [6.07, 6.45) is 0. The number of hydrogen-bond donors (Lipinski definition) is 1. The van der Waals surface area contributed by atoms with E-state index < -0.39 is 10.0 Å². The Labute approximate surface area is 159 Å². The second-order valence-corrected chi connectivity index (χ2v) is 9.16. The fourth-order valence-corrected chi connectivity index (χ4v) is 4.93. The highest BCUT2D eigenvalue weighted by molar-refractivity contribution is 7.89. The Morgan fingerprint density at radius 1 is 0.926 bits per heavy atom. The number of sulfonamides is 1. The van der Waals surface area contributed by atoms with Gasteiger partial charge in [0.2, 0.25) is 16.0 Å². The summed E-state index contributed by atoms with van der Waals surface area (Å²) in [5, 5.41) is 0. The Hall–Kier alpha value is -2.38.